The highest BCUT2D eigenvalue weighted by atomic mass is 15.0. The van der Waals surface area contributed by atoms with Crippen LogP contribution in [0.15, 0.2) is 67.1 Å². The van der Waals surface area contributed by atoms with Gasteiger partial charge in [0.2, 0.25) is 0 Å². The van der Waals surface area contributed by atoms with E-state index in [-0.39, 0.29) is 0 Å². The number of hydrogen-bond donors (Lipinski definition) is 0. The minimum atomic E-state index is 0.679. The Kier molecular flexibility index (Phi) is 3.59. The van der Waals surface area contributed by atoms with E-state index in [0.29, 0.717) is 5.56 Å². The molecule has 0 fully saturated rings. The number of aryl methyl sites for hydroxylation is 2. The first-order valence-electron chi connectivity index (χ1n) is 8.20. The van der Waals surface area contributed by atoms with Crippen molar-refractivity contribution in [2.45, 2.75) is 13.8 Å². The predicted octanol–water partition coefficient (Wildman–Crippen LogP) is 5.18. The number of fused-ring (bicyclic) bond motifs is 1. The van der Waals surface area contributed by atoms with E-state index in [4.69, 9.17) is 5.26 Å². The van der Waals surface area contributed by atoms with Gasteiger partial charge in [-0.05, 0) is 66.4 Å². The average molecular weight is 323 g/mol. The lowest BCUT2D eigenvalue weighted by Gasteiger charge is -2.09. The third-order valence-corrected chi connectivity index (χ3v) is 4.60. The third-order valence-electron chi connectivity index (χ3n) is 4.60. The van der Waals surface area contributed by atoms with Gasteiger partial charge in [0.1, 0.15) is 0 Å². The van der Waals surface area contributed by atoms with Crippen LogP contribution in [0.5, 0.6) is 0 Å². The van der Waals surface area contributed by atoms with Gasteiger partial charge >= 0.3 is 0 Å². The predicted molar refractivity (Wildman–Crippen MR) is 101 cm³/mol. The number of aromatic nitrogens is 2. The second-order valence-corrected chi connectivity index (χ2v) is 6.27. The summed E-state index contributed by atoms with van der Waals surface area (Å²) >= 11 is 0. The van der Waals surface area contributed by atoms with Crippen molar-refractivity contribution in [1.29, 1.82) is 5.26 Å². The summed E-state index contributed by atoms with van der Waals surface area (Å²) in [6.07, 6.45) is 5.88. The highest BCUT2D eigenvalue weighted by Crippen LogP contribution is 2.30. The molecule has 0 N–H and O–H groups in total. The molecule has 0 amide bonds. The second-order valence-electron chi connectivity index (χ2n) is 6.27. The SMILES string of the molecule is Cc1ccncc1-n1cc(C)c2cc(-c3cccc(C#N)c3)ccc21. The Morgan fingerprint density at radius 3 is 2.60 bits per heavy atom. The molecule has 0 aliphatic carbocycles. The standard InChI is InChI=1S/C22H17N3/c1-15-8-9-24-13-22(15)25-14-16(2)20-11-19(6-7-21(20)25)18-5-3-4-17(10-18)12-23/h3-11,13-14H,1-2H3. The zero-order valence-electron chi connectivity index (χ0n) is 14.2. The van der Waals surface area contributed by atoms with Gasteiger partial charge in [-0.3, -0.25) is 4.98 Å². The molecule has 0 saturated carbocycles. The quantitative estimate of drug-likeness (QED) is 0.510. The first-order chi connectivity index (χ1) is 12.2. The van der Waals surface area contributed by atoms with Crippen LogP contribution in [0, 0.1) is 25.2 Å². The number of benzene rings is 2. The number of nitriles is 1. The minimum Gasteiger partial charge on any atom is -0.314 e. The Balaban J connectivity index is 1.90. The number of pyridine rings is 1. The Hall–Kier alpha value is -3.38. The van der Waals surface area contributed by atoms with Crippen LogP contribution < -0.4 is 0 Å². The molecule has 0 bridgehead atoms. The molecule has 2 heterocycles. The molecule has 0 spiro atoms. The zero-order valence-corrected chi connectivity index (χ0v) is 14.2. The van der Waals surface area contributed by atoms with E-state index < -0.39 is 0 Å². The number of hydrogen-bond acceptors (Lipinski definition) is 2. The number of nitrogens with zero attached hydrogens (tertiary/aromatic N) is 3. The minimum absolute atomic E-state index is 0.679. The van der Waals surface area contributed by atoms with Gasteiger partial charge in [0, 0.05) is 17.8 Å². The Bertz CT molecular complexity index is 1130. The summed E-state index contributed by atoms with van der Waals surface area (Å²) in [5.41, 5.74) is 7.53. The van der Waals surface area contributed by atoms with Crippen molar-refractivity contribution in [2.24, 2.45) is 0 Å². The summed E-state index contributed by atoms with van der Waals surface area (Å²) in [7, 11) is 0. The summed E-state index contributed by atoms with van der Waals surface area (Å²) in [5, 5.41) is 10.3. The molecule has 0 saturated heterocycles. The highest BCUT2D eigenvalue weighted by molar-refractivity contribution is 5.90. The van der Waals surface area contributed by atoms with Crippen LogP contribution in [-0.2, 0) is 0 Å². The summed E-state index contributed by atoms with van der Waals surface area (Å²) in [4.78, 5) is 4.27. The molecule has 0 atom stereocenters. The molecule has 3 nitrogen and oxygen atoms in total. The van der Waals surface area contributed by atoms with E-state index in [1.165, 1.54) is 16.5 Å². The van der Waals surface area contributed by atoms with E-state index >= 15 is 0 Å². The normalized spacial score (nSPS) is 10.8. The molecule has 0 unspecified atom stereocenters. The molecule has 2 aromatic carbocycles. The summed E-state index contributed by atoms with van der Waals surface area (Å²) in [5.74, 6) is 0. The highest BCUT2D eigenvalue weighted by Gasteiger charge is 2.10. The Morgan fingerprint density at radius 1 is 0.960 bits per heavy atom. The van der Waals surface area contributed by atoms with Gasteiger partial charge in [-0.25, -0.2) is 0 Å². The summed E-state index contributed by atoms with van der Waals surface area (Å²) in [6, 6.07) is 18.4. The fourth-order valence-corrected chi connectivity index (χ4v) is 3.25. The van der Waals surface area contributed by atoms with Gasteiger partial charge in [0.25, 0.3) is 0 Å². The molecule has 4 aromatic rings. The zero-order chi connectivity index (χ0) is 17.4. The van der Waals surface area contributed by atoms with Crippen molar-refractivity contribution in [3.8, 4) is 22.9 Å². The first-order valence-corrected chi connectivity index (χ1v) is 8.20. The van der Waals surface area contributed by atoms with E-state index in [1.54, 1.807) is 0 Å². The lowest BCUT2D eigenvalue weighted by Crippen LogP contribution is -1.95. The van der Waals surface area contributed by atoms with Crippen LogP contribution in [-0.4, -0.2) is 9.55 Å². The van der Waals surface area contributed by atoms with Gasteiger partial charge in [-0.1, -0.05) is 18.2 Å². The fourth-order valence-electron chi connectivity index (χ4n) is 3.25. The molecule has 0 radical (unpaired) electrons. The first kappa shape index (κ1) is 15.2. The van der Waals surface area contributed by atoms with Crippen molar-refractivity contribution in [2.75, 3.05) is 0 Å². The molecule has 120 valence electrons. The maximum Gasteiger partial charge on any atom is 0.0991 e. The third kappa shape index (κ3) is 2.58. The van der Waals surface area contributed by atoms with Crippen molar-refractivity contribution in [3.63, 3.8) is 0 Å². The van der Waals surface area contributed by atoms with Crippen molar-refractivity contribution in [1.82, 2.24) is 9.55 Å². The lowest BCUT2D eigenvalue weighted by atomic mass is 10.0. The Labute approximate surface area is 146 Å². The second kappa shape index (κ2) is 5.92. The summed E-state index contributed by atoms with van der Waals surface area (Å²) in [6.45, 7) is 4.22. The van der Waals surface area contributed by atoms with Gasteiger partial charge in [0.15, 0.2) is 0 Å². The van der Waals surface area contributed by atoms with Crippen LogP contribution in [0.4, 0.5) is 0 Å². The molecule has 0 aliphatic rings. The molecular formula is C22H17N3. The smallest absolute Gasteiger partial charge is 0.0991 e. The van der Waals surface area contributed by atoms with Crippen molar-refractivity contribution >= 4 is 10.9 Å². The molecule has 4 rings (SSSR count). The van der Waals surface area contributed by atoms with E-state index in [1.807, 2.05) is 42.7 Å². The molecule has 3 heteroatoms. The van der Waals surface area contributed by atoms with E-state index in [9.17, 15) is 0 Å². The van der Waals surface area contributed by atoms with Crippen molar-refractivity contribution in [3.05, 3.63) is 83.8 Å². The molecule has 25 heavy (non-hydrogen) atoms. The van der Waals surface area contributed by atoms with Gasteiger partial charge in [0.05, 0.1) is 29.0 Å². The topological polar surface area (TPSA) is 41.6 Å². The van der Waals surface area contributed by atoms with Gasteiger partial charge < -0.3 is 4.57 Å². The maximum absolute atomic E-state index is 9.12. The van der Waals surface area contributed by atoms with E-state index in [0.717, 1.165) is 22.3 Å². The van der Waals surface area contributed by atoms with Crippen LogP contribution in [0.25, 0.3) is 27.7 Å². The molecule has 0 aliphatic heterocycles. The monoisotopic (exact) mass is 323 g/mol. The molecule has 2 aromatic heterocycles. The average Bonchev–Trinajstić information content (AvgIpc) is 2.98. The van der Waals surface area contributed by atoms with Gasteiger partial charge in [-0.2, -0.15) is 5.26 Å². The Morgan fingerprint density at radius 2 is 1.80 bits per heavy atom. The van der Waals surface area contributed by atoms with Crippen LogP contribution in [0.2, 0.25) is 0 Å². The fraction of sp³-hybridized carbons (Fsp3) is 0.0909. The largest absolute Gasteiger partial charge is 0.314 e. The van der Waals surface area contributed by atoms with Crippen LogP contribution >= 0.6 is 0 Å². The van der Waals surface area contributed by atoms with Crippen molar-refractivity contribution < 1.29 is 0 Å². The van der Waals surface area contributed by atoms with Crippen LogP contribution in [0.3, 0.4) is 0 Å². The van der Waals surface area contributed by atoms with Crippen LogP contribution in [0.1, 0.15) is 16.7 Å². The maximum atomic E-state index is 9.12. The van der Waals surface area contributed by atoms with E-state index in [2.05, 4.69) is 53.9 Å². The number of rotatable bonds is 2. The lowest BCUT2D eigenvalue weighted by molar-refractivity contribution is 1.07. The van der Waals surface area contributed by atoms with Gasteiger partial charge in [-0.15, -0.1) is 0 Å². The summed E-state index contributed by atoms with van der Waals surface area (Å²) < 4.78 is 2.20. The molecular weight excluding hydrogens is 306 g/mol.